The molecular formula is C24H29FN4O4. The van der Waals surface area contributed by atoms with E-state index in [1.54, 1.807) is 18.2 Å². The lowest BCUT2D eigenvalue weighted by Gasteiger charge is -2.33. The summed E-state index contributed by atoms with van der Waals surface area (Å²) in [6, 6.07) is 7.74. The number of amides is 1. The minimum Gasteiger partial charge on any atom is -0.479 e. The van der Waals surface area contributed by atoms with E-state index in [0.29, 0.717) is 30.1 Å². The van der Waals surface area contributed by atoms with Crippen LogP contribution in [-0.2, 0) is 11.2 Å². The molecular weight excluding hydrogens is 427 g/mol. The number of halogens is 1. The van der Waals surface area contributed by atoms with Gasteiger partial charge in [0.1, 0.15) is 18.1 Å². The number of carboxylic acid groups (broad SMARTS) is 1. The van der Waals surface area contributed by atoms with Crippen molar-refractivity contribution in [3.8, 4) is 5.88 Å². The van der Waals surface area contributed by atoms with E-state index in [-0.39, 0.29) is 29.9 Å². The number of rotatable bonds is 6. The number of aromatic nitrogens is 1. The van der Waals surface area contributed by atoms with E-state index in [1.807, 2.05) is 0 Å². The topological polar surface area (TPSA) is 104 Å². The van der Waals surface area contributed by atoms with Crippen molar-refractivity contribution in [1.82, 2.24) is 15.2 Å². The van der Waals surface area contributed by atoms with E-state index in [4.69, 9.17) is 4.74 Å². The SMILES string of the molecule is CN1CCC(CNC(=O)c2nc3c(cc2Cc2ccc(F)cc2)N[C@](C)(C(=O)O)CO3)CC1. The number of nitrogens with zero attached hydrogens (tertiary/aromatic N) is 2. The van der Waals surface area contributed by atoms with Gasteiger partial charge in [-0.3, -0.25) is 4.79 Å². The van der Waals surface area contributed by atoms with Crippen molar-refractivity contribution in [3.05, 3.63) is 53.0 Å². The molecule has 2 aliphatic heterocycles. The number of hydrogen-bond acceptors (Lipinski definition) is 6. The van der Waals surface area contributed by atoms with Crippen LogP contribution < -0.4 is 15.4 Å². The Morgan fingerprint density at radius 1 is 1.30 bits per heavy atom. The Balaban J connectivity index is 1.59. The highest BCUT2D eigenvalue weighted by atomic mass is 19.1. The van der Waals surface area contributed by atoms with E-state index in [2.05, 4.69) is 27.6 Å². The van der Waals surface area contributed by atoms with Gasteiger partial charge in [-0.25, -0.2) is 14.2 Å². The second-order valence-corrected chi connectivity index (χ2v) is 9.16. The van der Waals surface area contributed by atoms with Crippen LogP contribution in [-0.4, -0.2) is 65.7 Å². The number of pyridine rings is 1. The van der Waals surface area contributed by atoms with Crippen LogP contribution in [0.3, 0.4) is 0 Å². The van der Waals surface area contributed by atoms with Gasteiger partial charge in [0.25, 0.3) is 5.91 Å². The number of anilines is 1. The maximum absolute atomic E-state index is 13.4. The van der Waals surface area contributed by atoms with Crippen LogP contribution in [0.25, 0.3) is 0 Å². The minimum absolute atomic E-state index is 0.115. The van der Waals surface area contributed by atoms with Crippen LogP contribution >= 0.6 is 0 Å². The number of fused-ring (bicyclic) bond motifs is 1. The number of ether oxygens (including phenoxy) is 1. The van der Waals surface area contributed by atoms with Crippen molar-refractivity contribution in [2.24, 2.45) is 5.92 Å². The molecule has 0 unspecified atom stereocenters. The average Bonchev–Trinajstić information content (AvgIpc) is 2.79. The first-order valence-electron chi connectivity index (χ1n) is 11.1. The van der Waals surface area contributed by atoms with Gasteiger partial charge in [-0.05, 0) is 81.6 Å². The Hall–Kier alpha value is -3.20. The largest absolute Gasteiger partial charge is 0.479 e. The maximum Gasteiger partial charge on any atom is 0.332 e. The molecule has 176 valence electrons. The van der Waals surface area contributed by atoms with Gasteiger partial charge in [-0.2, -0.15) is 0 Å². The highest BCUT2D eigenvalue weighted by Gasteiger charge is 2.39. The fourth-order valence-electron chi connectivity index (χ4n) is 4.14. The minimum atomic E-state index is -1.31. The van der Waals surface area contributed by atoms with E-state index < -0.39 is 11.5 Å². The lowest BCUT2D eigenvalue weighted by Crippen LogP contribution is -2.51. The summed E-state index contributed by atoms with van der Waals surface area (Å²) in [5.74, 6) is -1.08. The van der Waals surface area contributed by atoms with E-state index in [0.717, 1.165) is 31.5 Å². The Bertz CT molecular complexity index is 1040. The monoisotopic (exact) mass is 456 g/mol. The van der Waals surface area contributed by atoms with Gasteiger partial charge in [0.2, 0.25) is 5.88 Å². The molecule has 0 aliphatic carbocycles. The van der Waals surface area contributed by atoms with Crippen LogP contribution in [0.15, 0.2) is 30.3 Å². The molecule has 0 bridgehead atoms. The number of benzene rings is 1. The summed E-state index contributed by atoms with van der Waals surface area (Å²) >= 11 is 0. The molecule has 2 aliphatic rings. The average molecular weight is 457 g/mol. The predicted molar refractivity (Wildman–Crippen MR) is 121 cm³/mol. The molecule has 0 radical (unpaired) electrons. The highest BCUT2D eigenvalue weighted by molar-refractivity contribution is 5.95. The zero-order chi connectivity index (χ0) is 23.6. The van der Waals surface area contributed by atoms with Gasteiger partial charge in [0.05, 0.1) is 5.69 Å². The molecule has 3 heterocycles. The summed E-state index contributed by atoms with van der Waals surface area (Å²) in [5, 5.41) is 15.5. The number of carbonyl (C=O) groups is 2. The molecule has 4 rings (SSSR count). The van der Waals surface area contributed by atoms with Crippen molar-refractivity contribution < 1.29 is 23.8 Å². The molecule has 1 aromatic carbocycles. The maximum atomic E-state index is 13.4. The van der Waals surface area contributed by atoms with Crippen LogP contribution in [0.1, 0.15) is 41.4 Å². The molecule has 0 saturated carbocycles. The fourth-order valence-corrected chi connectivity index (χ4v) is 4.14. The molecule has 2 aromatic rings. The summed E-state index contributed by atoms with van der Waals surface area (Å²) in [5.41, 5.74) is 0.744. The molecule has 33 heavy (non-hydrogen) atoms. The third-order valence-electron chi connectivity index (χ3n) is 6.36. The quantitative estimate of drug-likeness (QED) is 0.614. The predicted octanol–water partition coefficient (Wildman–Crippen LogP) is 2.53. The number of likely N-dealkylation sites (tertiary alicyclic amines) is 1. The Morgan fingerprint density at radius 2 is 2.00 bits per heavy atom. The molecule has 9 heteroatoms. The summed E-state index contributed by atoms with van der Waals surface area (Å²) in [6.07, 6.45) is 2.39. The molecule has 8 nitrogen and oxygen atoms in total. The van der Waals surface area contributed by atoms with Crippen molar-refractivity contribution in [2.45, 2.75) is 31.7 Å². The van der Waals surface area contributed by atoms with Gasteiger partial charge < -0.3 is 25.4 Å². The van der Waals surface area contributed by atoms with Gasteiger partial charge in [-0.15, -0.1) is 0 Å². The zero-order valence-corrected chi connectivity index (χ0v) is 18.9. The smallest absolute Gasteiger partial charge is 0.332 e. The number of carboxylic acids is 1. The van der Waals surface area contributed by atoms with Crippen molar-refractivity contribution >= 4 is 17.6 Å². The second-order valence-electron chi connectivity index (χ2n) is 9.16. The van der Waals surface area contributed by atoms with Crippen LogP contribution in [0, 0.1) is 11.7 Å². The lowest BCUT2D eigenvalue weighted by molar-refractivity contribution is -0.143. The van der Waals surface area contributed by atoms with Gasteiger partial charge in [-0.1, -0.05) is 12.1 Å². The molecule has 1 atom stereocenters. The van der Waals surface area contributed by atoms with Crippen LogP contribution in [0.5, 0.6) is 5.88 Å². The molecule has 1 fully saturated rings. The van der Waals surface area contributed by atoms with Crippen molar-refractivity contribution in [3.63, 3.8) is 0 Å². The van der Waals surface area contributed by atoms with Crippen LogP contribution in [0.2, 0.25) is 0 Å². The summed E-state index contributed by atoms with van der Waals surface area (Å²) in [4.78, 5) is 31.5. The van der Waals surface area contributed by atoms with Crippen molar-refractivity contribution in [2.75, 3.05) is 38.6 Å². The third-order valence-corrected chi connectivity index (χ3v) is 6.36. The first-order chi connectivity index (χ1) is 15.7. The second kappa shape index (κ2) is 9.35. The molecule has 1 saturated heterocycles. The lowest BCUT2D eigenvalue weighted by atomic mass is 9.96. The molecule has 0 spiro atoms. The molecule has 1 amide bonds. The van der Waals surface area contributed by atoms with Crippen LogP contribution in [0.4, 0.5) is 10.1 Å². The zero-order valence-electron chi connectivity index (χ0n) is 18.9. The number of hydrogen-bond donors (Lipinski definition) is 3. The van der Waals surface area contributed by atoms with E-state index >= 15 is 0 Å². The van der Waals surface area contributed by atoms with Gasteiger partial charge in [0.15, 0.2) is 5.54 Å². The van der Waals surface area contributed by atoms with E-state index in [1.165, 1.54) is 19.1 Å². The standard InChI is InChI=1S/C24H29FN4O4/c1-24(23(31)32)14-33-22-19(28-24)12-17(11-15-3-5-18(25)6-4-15)20(27-22)21(30)26-13-16-7-9-29(2)10-8-16/h3-6,12,16,28H,7-11,13-14H2,1-2H3,(H,26,30)(H,31,32)/t24-/m0/s1. The highest BCUT2D eigenvalue weighted by Crippen LogP contribution is 2.33. The molecule has 1 aromatic heterocycles. The first-order valence-corrected chi connectivity index (χ1v) is 11.1. The summed E-state index contributed by atoms with van der Waals surface area (Å²) in [7, 11) is 2.09. The molecule has 3 N–H and O–H groups in total. The van der Waals surface area contributed by atoms with Gasteiger partial charge >= 0.3 is 5.97 Å². The fraction of sp³-hybridized carbons (Fsp3) is 0.458. The normalized spacial score (nSPS) is 20.9. The summed E-state index contributed by atoms with van der Waals surface area (Å²) in [6.45, 7) is 4.00. The number of carbonyl (C=O) groups excluding carboxylic acids is 1. The first kappa shape index (κ1) is 23.0. The van der Waals surface area contributed by atoms with Crippen molar-refractivity contribution in [1.29, 1.82) is 0 Å². The Morgan fingerprint density at radius 3 is 2.67 bits per heavy atom. The Kier molecular flexibility index (Phi) is 6.51. The Labute approximate surface area is 192 Å². The number of nitrogens with one attached hydrogen (secondary N) is 2. The van der Waals surface area contributed by atoms with Gasteiger partial charge in [0, 0.05) is 6.54 Å². The number of piperidine rings is 1. The summed E-state index contributed by atoms with van der Waals surface area (Å²) < 4.78 is 19.0. The van der Waals surface area contributed by atoms with E-state index in [9.17, 15) is 19.1 Å². The third kappa shape index (κ3) is 5.24. The number of aliphatic carboxylic acids is 1.